The van der Waals surface area contributed by atoms with Crippen LogP contribution >= 0.6 is 0 Å². The Morgan fingerprint density at radius 1 is 1.19 bits per heavy atom. The summed E-state index contributed by atoms with van der Waals surface area (Å²) in [6.07, 6.45) is 8.57. The maximum atomic E-state index is 4.15. The van der Waals surface area contributed by atoms with Crippen LogP contribution in [0.25, 0.3) is 5.52 Å². The van der Waals surface area contributed by atoms with Crippen LogP contribution < -0.4 is 0 Å². The highest BCUT2D eigenvalue weighted by molar-refractivity contribution is 5.56. The quantitative estimate of drug-likeness (QED) is 0.629. The molecule has 0 saturated heterocycles. The van der Waals surface area contributed by atoms with E-state index >= 15 is 0 Å². The van der Waals surface area contributed by atoms with Crippen molar-refractivity contribution in [2.75, 3.05) is 0 Å². The van der Waals surface area contributed by atoms with Crippen LogP contribution in [0.5, 0.6) is 0 Å². The van der Waals surface area contributed by atoms with Crippen LogP contribution in [0.15, 0.2) is 31.4 Å². The second kappa shape index (κ2) is 3.41. The molecular weight excluding hydrogens is 204 g/mol. The Labute approximate surface area is 91.6 Å². The minimum atomic E-state index is 0.704. The smallest absolute Gasteiger partial charge is 0.137 e. The van der Waals surface area contributed by atoms with Gasteiger partial charge in [-0.15, -0.1) is 0 Å². The van der Waals surface area contributed by atoms with Gasteiger partial charge in [-0.05, 0) is 18.1 Å². The maximum Gasteiger partial charge on any atom is 0.137 e. The molecule has 0 aliphatic rings. The Bertz CT molecular complexity index is 609. The van der Waals surface area contributed by atoms with E-state index < -0.39 is 0 Å². The summed E-state index contributed by atoms with van der Waals surface area (Å²) < 4.78 is 3.61. The molecule has 80 valence electrons. The fraction of sp³-hybridized carbons (Fsp3) is 0.200. The average molecular weight is 214 g/mol. The van der Waals surface area contributed by atoms with E-state index in [1.807, 2.05) is 16.9 Å². The summed E-state index contributed by atoms with van der Waals surface area (Å²) in [7, 11) is 0. The molecule has 3 heterocycles. The molecule has 0 unspecified atom stereocenters. The van der Waals surface area contributed by atoms with Crippen LogP contribution in [0.3, 0.4) is 0 Å². The average Bonchev–Trinajstić information content (AvgIpc) is 2.90. The summed E-state index contributed by atoms with van der Waals surface area (Å²) in [6, 6.07) is 0. The minimum Gasteiger partial charge on any atom is -0.248 e. The van der Waals surface area contributed by atoms with Crippen molar-refractivity contribution in [1.82, 2.24) is 29.4 Å². The van der Waals surface area contributed by atoms with Gasteiger partial charge in [-0.2, -0.15) is 10.2 Å². The summed E-state index contributed by atoms with van der Waals surface area (Å²) in [5.41, 5.74) is 3.37. The predicted octanol–water partition coefficient (Wildman–Crippen LogP) is 0.678. The minimum absolute atomic E-state index is 0.704. The first-order chi connectivity index (χ1) is 7.84. The van der Waals surface area contributed by atoms with Gasteiger partial charge < -0.3 is 0 Å². The monoisotopic (exact) mass is 214 g/mol. The van der Waals surface area contributed by atoms with Gasteiger partial charge in [-0.25, -0.2) is 19.2 Å². The maximum absolute atomic E-state index is 4.15. The van der Waals surface area contributed by atoms with Gasteiger partial charge in [0, 0.05) is 6.20 Å². The van der Waals surface area contributed by atoms with E-state index in [0.717, 1.165) is 5.52 Å². The Morgan fingerprint density at radius 2 is 2.06 bits per heavy atom. The number of nitrogens with zero attached hydrogens (tertiary/aromatic N) is 6. The molecule has 0 spiro atoms. The van der Waals surface area contributed by atoms with Gasteiger partial charge in [-0.1, -0.05) is 0 Å². The van der Waals surface area contributed by atoms with Gasteiger partial charge in [0.05, 0.1) is 18.3 Å². The summed E-state index contributed by atoms with van der Waals surface area (Å²) in [4.78, 5) is 7.94. The van der Waals surface area contributed by atoms with E-state index in [1.165, 1.54) is 23.8 Å². The Hall–Kier alpha value is -2.24. The highest BCUT2D eigenvalue weighted by atomic mass is 15.3. The number of aromatic nitrogens is 6. The lowest BCUT2D eigenvalue weighted by molar-refractivity contribution is 0.681. The molecule has 0 fully saturated rings. The number of fused-ring (bicyclic) bond motifs is 1. The van der Waals surface area contributed by atoms with Crippen molar-refractivity contribution in [1.29, 1.82) is 0 Å². The highest BCUT2D eigenvalue weighted by Crippen LogP contribution is 2.16. The van der Waals surface area contributed by atoms with Crippen LogP contribution in [0.4, 0.5) is 0 Å². The largest absolute Gasteiger partial charge is 0.248 e. The third-order valence-corrected chi connectivity index (χ3v) is 2.63. The Morgan fingerprint density at radius 3 is 2.81 bits per heavy atom. The van der Waals surface area contributed by atoms with Gasteiger partial charge in [0.15, 0.2) is 0 Å². The van der Waals surface area contributed by atoms with Crippen LogP contribution in [0.2, 0.25) is 0 Å². The van der Waals surface area contributed by atoms with Gasteiger partial charge in [0.1, 0.15) is 19.0 Å². The Balaban J connectivity index is 2.07. The second-order valence-electron chi connectivity index (χ2n) is 3.61. The fourth-order valence-electron chi connectivity index (χ4n) is 1.74. The summed E-state index contributed by atoms with van der Waals surface area (Å²) >= 11 is 0. The van der Waals surface area contributed by atoms with Gasteiger partial charge in [0.25, 0.3) is 0 Å². The molecule has 3 aromatic heterocycles. The van der Waals surface area contributed by atoms with Crippen LogP contribution in [-0.2, 0) is 6.54 Å². The van der Waals surface area contributed by atoms with Gasteiger partial charge in [-0.3, -0.25) is 0 Å². The van der Waals surface area contributed by atoms with Crippen molar-refractivity contribution in [2.24, 2.45) is 0 Å². The van der Waals surface area contributed by atoms with Crippen LogP contribution in [0.1, 0.15) is 11.1 Å². The van der Waals surface area contributed by atoms with E-state index in [9.17, 15) is 0 Å². The first-order valence-corrected chi connectivity index (χ1v) is 4.94. The number of hydrogen-bond acceptors (Lipinski definition) is 4. The van der Waals surface area contributed by atoms with Crippen molar-refractivity contribution < 1.29 is 0 Å². The first-order valence-electron chi connectivity index (χ1n) is 4.94. The van der Waals surface area contributed by atoms with Crippen LogP contribution in [-0.4, -0.2) is 29.4 Å². The topological polar surface area (TPSA) is 60.9 Å². The van der Waals surface area contributed by atoms with Crippen molar-refractivity contribution in [3.8, 4) is 0 Å². The molecule has 6 nitrogen and oxygen atoms in total. The van der Waals surface area contributed by atoms with Crippen LogP contribution in [0, 0.1) is 6.92 Å². The van der Waals surface area contributed by atoms with E-state index in [0.29, 0.717) is 6.54 Å². The first kappa shape index (κ1) is 9.02. The summed E-state index contributed by atoms with van der Waals surface area (Å²) in [5.74, 6) is 0. The zero-order chi connectivity index (χ0) is 11.0. The number of rotatable bonds is 2. The SMILES string of the molecule is Cc1c(Cn2cncn2)cn2ncncc12. The third-order valence-electron chi connectivity index (χ3n) is 2.63. The molecule has 3 rings (SSSR count). The lowest BCUT2D eigenvalue weighted by Gasteiger charge is -1.98. The molecule has 0 aliphatic carbocycles. The number of hydrogen-bond donors (Lipinski definition) is 0. The standard InChI is InChI=1S/C10H10N6/c1-8-9(3-15-7-12-6-13-15)4-16-10(8)2-11-5-14-16/h2,4-7H,3H2,1H3. The second-order valence-corrected chi connectivity index (χ2v) is 3.61. The van der Waals surface area contributed by atoms with E-state index in [1.54, 1.807) is 11.0 Å². The molecular formula is C10H10N6. The third kappa shape index (κ3) is 1.35. The normalized spacial score (nSPS) is 11.1. The summed E-state index contributed by atoms with van der Waals surface area (Å²) in [5, 5.41) is 8.24. The predicted molar refractivity (Wildman–Crippen MR) is 56.8 cm³/mol. The van der Waals surface area contributed by atoms with Crippen molar-refractivity contribution in [3.05, 3.63) is 42.5 Å². The fourth-order valence-corrected chi connectivity index (χ4v) is 1.74. The molecule has 0 radical (unpaired) electrons. The molecule has 0 amide bonds. The molecule has 6 heteroatoms. The summed E-state index contributed by atoms with van der Waals surface area (Å²) in [6.45, 7) is 2.76. The van der Waals surface area contributed by atoms with Gasteiger partial charge in [0.2, 0.25) is 0 Å². The molecule has 0 aliphatic heterocycles. The molecule has 0 bridgehead atoms. The van der Waals surface area contributed by atoms with E-state index in [4.69, 9.17) is 0 Å². The van der Waals surface area contributed by atoms with Crippen molar-refractivity contribution >= 4 is 5.52 Å². The molecule has 0 aromatic carbocycles. The lowest BCUT2D eigenvalue weighted by atomic mass is 10.2. The zero-order valence-corrected chi connectivity index (χ0v) is 8.78. The molecule has 0 saturated carbocycles. The van der Waals surface area contributed by atoms with Crippen molar-refractivity contribution in [3.63, 3.8) is 0 Å². The zero-order valence-electron chi connectivity index (χ0n) is 8.78. The number of aryl methyl sites for hydroxylation is 1. The van der Waals surface area contributed by atoms with E-state index in [2.05, 4.69) is 27.1 Å². The highest BCUT2D eigenvalue weighted by Gasteiger charge is 2.07. The molecule has 0 atom stereocenters. The molecule has 16 heavy (non-hydrogen) atoms. The molecule has 3 aromatic rings. The van der Waals surface area contributed by atoms with Crippen molar-refractivity contribution in [2.45, 2.75) is 13.5 Å². The Kier molecular flexibility index (Phi) is 1.92. The van der Waals surface area contributed by atoms with E-state index in [-0.39, 0.29) is 0 Å². The lowest BCUT2D eigenvalue weighted by Crippen LogP contribution is -1.99. The van der Waals surface area contributed by atoms with Gasteiger partial charge >= 0.3 is 0 Å². The molecule has 0 N–H and O–H groups in total.